The summed E-state index contributed by atoms with van der Waals surface area (Å²) in [6, 6.07) is 5.65. The van der Waals surface area contributed by atoms with E-state index < -0.39 is 0 Å². The summed E-state index contributed by atoms with van der Waals surface area (Å²) in [4.78, 5) is 28.1. The number of nitrogens with zero attached hydrogens (tertiary/aromatic N) is 1. The second kappa shape index (κ2) is 8.58. The maximum absolute atomic E-state index is 13.4. The van der Waals surface area contributed by atoms with Gasteiger partial charge in [-0.15, -0.1) is 0 Å². The van der Waals surface area contributed by atoms with Gasteiger partial charge in [0.15, 0.2) is 0 Å². The molecule has 4 bridgehead atoms. The standard InChI is InChI=1S/C24H35N3O3/c1-27(2)21-6-5-19(12-20(21)22(28)25-7-4-8-30-3)26-23(29)24-13-16-9-17(14-24)11-18(10-16)15-24/h5-6,12,16-18H,4,7-11,13-15H2,1-3H3,(H,25,28)(H,26,29). The second-order valence-corrected chi connectivity index (χ2v) is 9.88. The van der Waals surface area contributed by atoms with E-state index in [1.54, 1.807) is 7.11 Å². The van der Waals surface area contributed by atoms with Gasteiger partial charge in [0.05, 0.1) is 11.0 Å². The Morgan fingerprint density at radius 1 is 1.10 bits per heavy atom. The molecule has 1 aromatic rings. The minimum atomic E-state index is -0.197. The summed E-state index contributed by atoms with van der Waals surface area (Å²) in [5.74, 6) is 2.22. The Morgan fingerprint density at radius 2 is 1.73 bits per heavy atom. The van der Waals surface area contributed by atoms with Gasteiger partial charge in [-0.1, -0.05) is 0 Å². The molecule has 30 heavy (non-hydrogen) atoms. The molecule has 5 rings (SSSR count). The third-order valence-electron chi connectivity index (χ3n) is 7.31. The highest BCUT2D eigenvalue weighted by molar-refractivity contribution is 6.02. The molecule has 2 amide bonds. The van der Waals surface area contributed by atoms with Crippen molar-refractivity contribution in [1.82, 2.24) is 5.32 Å². The normalized spacial score (nSPS) is 29.0. The lowest BCUT2D eigenvalue weighted by molar-refractivity contribution is -0.140. The molecule has 0 aliphatic heterocycles. The first-order valence-electron chi connectivity index (χ1n) is 11.3. The van der Waals surface area contributed by atoms with Crippen LogP contribution in [0.3, 0.4) is 0 Å². The van der Waals surface area contributed by atoms with Crippen molar-refractivity contribution in [3.63, 3.8) is 0 Å². The van der Waals surface area contributed by atoms with Crippen molar-refractivity contribution in [2.75, 3.05) is 44.6 Å². The maximum atomic E-state index is 13.4. The molecule has 0 spiro atoms. The first-order valence-corrected chi connectivity index (χ1v) is 11.3. The van der Waals surface area contributed by atoms with Gasteiger partial charge >= 0.3 is 0 Å². The number of benzene rings is 1. The average Bonchev–Trinajstić information content (AvgIpc) is 2.70. The maximum Gasteiger partial charge on any atom is 0.253 e. The highest BCUT2D eigenvalue weighted by atomic mass is 16.5. The third-order valence-corrected chi connectivity index (χ3v) is 7.31. The number of carbonyl (C=O) groups is 2. The molecule has 4 aliphatic rings. The summed E-state index contributed by atoms with van der Waals surface area (Å²) in [5, 5.41) is 6.14. The number of rotatable bonds is 8. The van der Waals surface area contributed by atoms with E-state index in [4.69, 9.17) is 4.74 Å². The van der Waals surface area contributed by atoms with Gasteiger partial charge in [0, 0.05) is 45.7 Å². The van der Waals surface area contributed by atoms with Crippen molar-refractivity contribution in [1.29, 1.82) is 0 Å². The zero-order valence-electron chi connectivity index (χ0n) is 18.5. The van der Waals surface area contributed by atoms with E-state index in [0.29, 0.717) is 24.4 Å². The number of hydrogen-bond acceptors (Lipinski definition) is 4. The van der Waals surface area contributed by atoms with Crippen LogP contribution in [0.15, 0.2) is 18.2 Å². The molecule has 0 radical (unpaired) electrons. The number of carbonyl (C=O) groups excluding carboxylic acids is 2. The van der Waals surface area contributed by atoms with Crippen LogP contribution in [-0.4, -0.2) is 46.2 Å². The van der Waals surface area contributed by atoms with Crippen LogP contribution in [0.1, 0.15) is 55.3 Å². The second-order valence-electron chi connectivity index (χ2n) is 9.88. The largest absolute Gasteiger partial charge is 0.385 e. The number of nitrogens with one attached hydrogen (secondary N) is 2. The Hall–Kier alpha value is -2.08. The summed E-state index contributed by atoms with van der Waals surface area (Å²) in [7, 11) is 5.50. The Labute approximate surface area is 179 Å². The van der Waals surface area contributed by atoms with Crippen LogP contribution in [0.2, 0.25) is 0 Å². The molecule has 0 atom stereocenters. The van der Waals surface area contributed by atoms with Crippen LogP contribution in [0.25, 0.3) is 0 Å². The molecule has 0 saturated heterocycles. The quantitative estimate of drug-likeness (QED) is 0.638. The topological polar surface area (TPSA) is 70.7 Å². The summed E-state index contributed by atoms with van der Waals surface area (Å²) in [6.07, 6.45) is 7.82. The van der Waals surface area contributed by atoms with E-state index in [9.17, 15) is 9.59 Å². The van der Waals surface area contributed by atoms with Gasteiger partial charge < -0.3 is 20.3 Å². The van der Waals surface area contributed by atoms with Crippen molar-refractivity contribution in [2.45, 2.75) is 44.9 Å². The molecule has 0 unspecified atom stereocenters. The Kier molecular flexibility index (Phi) is 6.05. The average molecular weight is 414 g/mol. The molecular weight excluding hydrogens is 378 g/mol. The zero-order chi connectivity index (χ0) is 21.3. The van der Waals surface area contributed by atoms with Crippen LogP contribution < -0.4 is 15.5 Å². The van der Waals surface area contributed by atoms with Crippen LogP contribution in [-0.2, 0) is 9.53 Å². The third kappa shape index (κ3) is 4.20. The smallest absolute Gasteiger partial charge is 0.253 e. The fraction of sp³-hybridized carbons (Fsp3) is 0.667. The van der Waals surface area contributed by atoms with Gasteiger partial charge in [-0.25, -0.2) is 0 Å². The Bertz CT molecular complexity index is 770. The lowest BCUT2D eigenvalue weighted by Gasteiger charge is -2.55. The summed E-state index contributed by atoms with van der Waals surface area (Å²) < 4.78 is 5.05. The summed E-state index contributed by atoms with van der Waals surface area (Å²) in [5.41, 5.74) is 1.94. The summed E-state index contributed by atoms with van der Waals surface area (Å²) >= 11 is 0. The molecule has 6 heteroatoms. The van der Waals surface area contributed by atoms with Crippen molar-refractivity contribution >= 4 is 23.2 Å². The molecule has 6 nitrogen and oxygen atoms in total. The molecule has 4 fully saturated rings. The number of hydrogen-bond donors (Lipinski definition) is 2. The number of amides is 2. The van der Waals surface area contributed by atoms with E-state index in [-0.39, 0.29) is 17.2 Å². The van der Waals surface area contributed by atoms with Crippen molar-refractivity contribution in [3.8, 4) is 0 Å². The molecule has 4 saturated carbocycles. The van der Waals surface area contributed by atoms with Gasteiger partial charge in [0.25, 0.3) is 5.91 Å². The van der Waals surface area contributed by atoms with E-state index >= 15 is 0 Å². The lowest BCUT2D eigenvalue weighted by Crippen LogP contribution is -2.51. The Morgan fingerprint density at radius 3 is 2.30 bits per heavy atom. The SMILES string of the molecule is COCCCNC(=O)c1cc(NC(=O)C23CC4CC(CC(C4)C2)C3)ccc1N(C)C. The lowest BCUT2D eigenvalue weighted by atomic mass is 9.49. The van der Waals surface area contributed by atoms with E-state index in [1.807, 2.05) is 37.2 Å². The number of methoxy groups -OCH3 is 1. The fourth-order valence-corrected chi connectivity index (χ4v) is 6.35. The molecule has 0 aromatic heterocycles. The summed E-state index contributed by atoms with van der Waals surface area (Å²) in [6.45, 7) is 1.17. The van der Waals surface area contributed by atoms with E-state index in [1.165, 1.54) is 19.3 Å². The van der Waals surface area contributed by atoms with Gasteiger partial charge in [0.2, 0.25) is 5.91 Å². The predicted octanol–water partition coefficient (Wildman–Crippen LogP) is 3.67. The minimum absolute atomic E-state index is 0.124. The highest BCUT2D eigenvalue weighted by Crippen LogP contribution is 2.60. The Balaban J connectivity index is 1.49. The van der Waals surface area contributed by atoms with Gasteiger partial charge in [0.1, 0.15) is 0 Å². The van der Waals surface area contributed by atoms with Crippen LogP contribution in [0, 0.1) is 23.2 Å². The van der Waals surface area contributed by atoms with Gasteiger partial charge in [-0.05, 0) is 80.9 Å². The molecular formula is C24H35N3O3. The molecule has 2 N–H and O–H groups in total. The van der Waals surface area contributed by atoms with Crippen molar-refractivity contribution < 1.29 is 14.3 Å². The highest BCUT2D eigenvalue weighted by Gasteiger charge is 2.54. The van der Waals surface area contributed by atoms with Crippen LogP contribution in [0.5, 0.6) is 0 Å². The monoisotopic (exact) mass is 413 g/mol. The molecule has 4 aliphatic carbocycles. The minimum Gasteiger partial charge on any atom is -0.385 e. The van der Waals surface area contributed by atoms with Crippen LogP contribution >= 0.6 is 0 Å². The fourth-order valence-electron chi connectivity index (χ4n) is 6.35. The molecule has 1 aromatic carbocycles. The predicted molar refractivity (Wildman–Crippen MR) is 119 cm³/mol. The number of anilines is 2. The van der Waals surface area contributed by atoms with Gasteiger partial charge in [-0.2, -0.15) is 0 Å². The van der Waals surface area contributed by atoms with E-state index in [2.05, 4.69) is 10.6 Å². The first-order chi connectivity index (χ1) is 14.4. The van der Waals surface area contributed by atoms with Crippen molar-refractivity contribution in [2.24, 2.45) is 23.2 Å². The zero-order valence-corrected chi connectivity index (χ0v) is 18.5. The van der Waals surface area contributed by atoms with Crippen molar-refractivity contribution in [3.05, 3.63) is 23.8 Å². The van der Waals surface area contributed by atoms with Crippen LogP contribution in [0.4, 0.5) is 11.4 Å². The number of ether oxygens (including phenoxy) is 1. The van der Waals surface area contributed by atoms with Gasteiger partial charge in [-0.3, -0.25) is 9.59 Å². The molecule has 164 valence electrons. The van der Waals surface area contributed by atoms with E-state index in [0.717, 1.165) is 49.1 Å². The first kappa shape index (κ1) is 21.2. The molecule has 0 heterocycles.